The molecule has 94 valence electrons. The van der Waals surface area contributed by atoms with Crippen LogP contribution in [0.2, 0.25) is 0 Å². The maximum absolute atomic E-state index is 10.6. The van der Waals surface area contributed by atoms with E-state index in [1.54, 1.807) is 18.4 Å². The van der Waals surface area contributed by atoms with Gasteiger partial charge in [0, 0.05) is 12.4 Å². The minimum atomic E-state index is -5.08. The first-order valence-corrected chi connectivity index (χ1v) is 4.08. The Hall–Kier alpha value is -2.25. The Kier molecular flexibility index (Phi) is 5.52. The second-order valence-corrected chi connectivity index (χ2v) is 2.59. The molecule has 0 unspecified atom stereocenters. The van der Waals surface area contributed by atoms with E-state index in [0.29, 0.717) is 0 Å². The van der Waals surface area contributed by atoms with Gasteiger partial charge in [0.2, 0.25) is 0 Å². The summed E-state index contributed by atoms with van der Waals surface area (Å²) >= 11 is 0. The predicted molar refractivity (Wildman–Crippen MR) is 50.8 cm³/mol. The smallest absolute Gasteiger partial charge is 0.478 e. The number of halogens is 3. The molecular formula is C9H8F3NO4. The van der Waals surface area contributed by atoms with Gasteiger partial charge in [-0.25, -0.2) is 9.59 Å². The lowest BCUT2D eigenvalue weighted by atomic mass is 10.3. The van der Waals surface area contributed by atoms with Gasteiger partial charge in [-0.05, 0) is 12.2 Å². The number of carboxylic acids is 2. The molecule has 1 rings (SSSR count). The van der Waals surface area contributed by atoms with Crippen LogP contribution >= 0.6 is 0 Å². The van der Waals surface area contributed by atoms with Crippen LogP contribution in [0, 0.1) is 0 Å². The van der Waals surface area contributed by atoms with Crippen LogP contribution in [0.25, 0.3) is 0 Å². The molecule has 1 aliphatic rings. The fourth-order valence-corrected chi connectivity index (χ4v) is 0.589. The molecular weight excluding hydrogens is 243 g/mol. The maximum atomic E-state index is 10.6. The van der Waals surface area contributed by atoms with Gasteiger partial charge in [-0.2, -0.15) is 13.2 Å². The minimum absolute atomic E-state index is 0.255. The molecule has 0 aromatic heterocycles. The molecule has 0 amide bonds. The Morgan fingerprint density at radius 1 is 1.18 bits per heavy atom. The molecule has 8 heteroatoms. The number of carbonyl (C=O) groups is 2. The van der Waals surface area contributed by atoms with E-state index >= 15 is 0 Å². The fourth-order valence-electron chi connectivity index (χ4n) is 0.589. The van der Waals surface area contributed by atoms with E-state index < -0.39 is 18.1 Å². The topological polar surface area (TPSA) is 86.6 Å². The molecule has 0 fully saturated rings. The molecule has 0 aromatic carbocycles. The summed E-state index contributed by atoms with van der Waals surface area (Å²) in [6.45, 7) is 0. The van der Waals surface area contributed by atoms with Crippen molar-refractivity contribution >= 4 is 11.9 Å². The summed E-state index contributed by atoms with van der Waals surface area (Å²) < 4.78 is 31.7. The van der Waals surface area contributed by atoms with Gasteiger partial charge in [0.25, 0.3) is 0 Å². The van der Waals surface area contributed by atoms with Crippen molar-refractivity contribution in [3.05, 3.63) is 36.2 Å². The standard InChI is InChI=1S/C7H7NO2.C2HF3O2/c9-7(10)6-3-1-2-4-8-5-6;3-2(4,5)1(6)7/h1-5,8H,(H,9,10);(H,6,7). The van der Waals surface area contributed by atoms with E-state index in [1.807, 2.05) is 0 Å². The summed E-state index contributed by atoms with van der Waals surface area (Å²) in [5.41, 5.74) is 0.255. The Bertz CT molecular complexity index is 382. The zero-order valence-corrected chi connectivity index (χ0v) is 8.23. The Morgan fingerprint density at radius 3 is 2.12 bits per heavy atom. The van der Waals surface area contributed by atoms with Gasteiger partial charge < -0.3 is 15.5 Å². The molecule has 3 N–H and O–H groups in total. The third-order valence-electron chi connectivity index (χ3n) is 1.31. The maximum Gasteiger partial charge on any atom is 0.490 e. The Labute approximate surface area is 93.5 Å². The molecule has 0 radical (unpaired) electrons. The highest BCUT2D eigenvalue weighted by atomic mass is 19.4. The van der Waals surface area contributed by atoms with Crippen molar-refractivity contribution in [2.45, 2.75) is 6.18 Å². The second kappa shape index (κ2) is 6.36. The van der Waals surface area contributed by atoms with Crippen molar-refractivity contribution in [1.29, 1.82) is 0 Å². The van der Waals surface area contributed by atoms with Crippen LogP contribution in [0.4, 0.5) is 13.2 Å². The van der Waals surface area contributed by atoms with Gasteiger partial charge in [-0.3, -0.25) is 0 Å². The summed E-state index contributed by atoms with van der Waals surface area (Å²) in [4.78, 5) is 19.2. The average molecular weight is 251 g/mol. The van der Waals surface area contributed by atoms with Crippen molar-refractivity contribution in [3.8, 4) is 0 Å². The lowest BCUT2D eigenvalue weighted by Crippen LogP contribution is -2.21. The van der Waals surface area contributed by atoms with Crippen LogP contribution in [0.3, 0.4) is 0 Å². The van der Waals surface area contributed by atoms with Crippen LogP contribution in [0.5, 0.6) is 0 Å². The SMILES string of the molecule is O=C(O)C(F)(F)F.O=C(O)C1=CNC=CC=C1. The van der Waals surface area contributed by atoms with Crippen LogP contribution in [0.1, 0.15) is 0 Å². The van der Waals surface area contributed by atoms with Gasteiger partial charge in [-0.15, -0.1) is 0 Å². The zero-order valence-electron chi connectivity index (χ0n) is 8.23. The van der Waals surface area contributed by atoms with Crippen LogP contribution in [-0.2, 0) is 9.59 Å². The highest BCUT2D eigenvalue weighted by Crippen LogP contribution is 2.13. The van der Waals surface area contributed by atoms with E-state index in [2.05, 4.69) is 5.32 Å². The lowest BCUT2D eigenvalue weighted by Gasteiger charge is -1.93. The van der Waals surface area contributed by atoms with Gasteiger partial charge in [-0.1, -0.05) is 6.08 Å². The molecule has 0 aromatic rings. The monoisotopic (exact) mass is 251 g/mol. The highest BCUT2D eigenvalue weighted by molar-refractivity contribution is 5.89. The number of hydrogen-bond donors (Lipinski definition) is 3. The lowest BCUT2D eigenvalue weighted by molar-refractivity contribution is -0.192. The quantitative estimate of drug-likeness (QED) is 0.653. The number of hydrogen-bond acceptors (Lipinski definition) is 3. The summed E-state index contributed by atoms with van der Waals surface area (Å²) in [5.74, 6) is -3.68. The van der Waals surface area contributed by atoms with Crippen molar-refractivity contribution < 1.29 is 33.0 Å². The van der Waals surface area contributed by atoms with Crippen molar-refractivity contribution in [1.82, 2.24) is 5.32 Å². The number of alkyl halides is 3. The first kappa shape index (κ1) is 14.8. The largest absolute Gasteiger partial charge is 0.490 e. The van der Waals surface area contributed by atoms with Crippen LogP contribution in [0.15, 0.2) is 36.2 Å². The van der Waals surface area contributed by atoms with Gasteiger partial charge in [0.05, 0.1) is 5.57 Å². The molecule has 0 bridgehead atoms. The summed E-state index contributed by atoms with van der Waals surface area (Å²) in [6.07, 6.45) is 2.93. The molecule has 1 aliphatic heterocycles. The van der Waals surface area contributed by atoms with Crippen molar-refractivity contribution in [3.63, 3.8) is 0 Å². The molecule has 0 saturated carbocycles. The summed E-state index contributed by atoms with van der Waals surface area (Å²) in [6, 6.07) is 0. The predicted octanol–water partition coefficient (Wildman–Crippen LogP) is 1.26. The summed E-state index contributed by atoms with van der Waals surface area (Å²) in [5, 5.41) is 18.3. The van der Waals surface area contributed by atoms with E-state index in [9.17, 15) is 18.0 Å². The number of carboxylic acid groups (broad SMARTS) is 2. The van der Waals surface area contributed by atoms with E-state index in [4.69, 9.17) is 15.0 Å². The molecule has 0 atom stereocenters. The van der Waals surface area contributed by atoms with Gasteiger partial charge in [0.15, 0.2) is 0 Å². The number of rotatable bonds is 1. The van der Waals surface area contributed by atoms with Crippen LogP contribution in [-0.4, -0.2) is 28.3 Å². The number of nitrogens with one attached hydrogen (secondary N) is 1. The number of aliphatic carboxylic acids is 2. The van der Waals surface area contributed by atoms with E-state index in [1.165, 1.54) is 12.3 Å². The molecule has 17 heavy (non-hydrogen) atoms. The highest BCUT2D eigenvalue weighted by Gasteiger charge is 2.38. The normalized spacial score (nSPS) is 13.7. The van der Waals surface area contributed by atoms with Crippen molar-refractivity contribution in [2.75, 3.05) is 0 Å². The Balaban J connectivity index is 0.000000325. The first-order chi connectivity index (χ1) is 7.75. The zero-order chi connectivity index (χ0) is 13.5. The minimum Gasteiger partial charge on any atom is -0.478 e. The average Bonchev–Trinajstić information content (AvgIpc) is 2.44. The number of allylic oxidation sites excluding steroid dienone is 2. The summed E-state index contributed by atoms with van der Waals surface area (Å²) in [7, 11) is 0. The third-order valence-corrected chi connectivity index (χ3v) is 1.31. The molecule has 5 nitrogen and oxygen atoms in total. The molecule has 0 saturated heterocycles. The van der Waals surface area contributed by atoms with E-state index in [-0.39, 0.29) is 5.57 Å². The fraction of sp³-hybridized carbons (Fsp3) is 0.111. The molecule has 0 spiro atoms. The van der Waals surface area contributed by atoms with Gasteiger partial charge in [0.1, 0.15) is 0 Å². The molecule has 1 heterocycles. The third kappa shape index (κ3) is 6.77. The van der Waals surface area contributed by atoms with Crippen LogP contribution < -0.4 is 5.32 Å². The van der Waals surface area contributed by atoms with Gasteiger partial charge >= 0.3 is 18.1 Å². The van der Waals surface area contributed by atoms with Crippen molar-refractivity contribution in [2.24, 2.45) is 0 Å². The first-order valence-electron chi connectivity index (χ1n) is 4.08. The van der Waals surface area contributed by atoms with E-state index in [0.717, 1.165) is 0 Å². The molecule has 0 aliphatic carbocycles. The second-order valence-electron chi connectivity index (χ2n) is 2.59. The Morgan fingerprint density at radius 2 is 1.71 bits per heavy atom.